The van der Waals surface area contributed by atoms with Crippen LogP contribution < -0.4 is 10.1 Å². The summed E-state index contributed by atoms with van der Waals surface area (Å²) in [4.78, 5) is 0. The lowest BCUT2D eigenvalue weighted by molar-refractivity contribution is -0.137. The molecule has 1 aromatic carbocycles. The average Bonchev–Trinajstić information content (AvgIpc) is 2.36. The molecule has 0 unspecified atom stereocenters. The van der Waals surface area contributed by atoms with Gasteiger partial charge in [-0.15, -0.1) is 0 Å². The highest BCUT2D eigenvalue weighted by Crippen LogP contribution is 2.31. The molecule has 0 bridgehead atoms. The summed E-state index contributed by atoms with van der Waals surface area (Å²) < 4.78 is 42.8. The predicted molar refractivity (Wildman–Crippen MR) is 73.9 cm³/mol. The third-order valence-electron chi connectivity index (χ3n) is 2.73. The Labute approximate surface area is 118 Å². The normalized spacial score (nSPS) is 11.9. The number of halogens is 3. The fourth-order valence-corrected chi connectivity index (χ4v) is 1.70. The Morgan fingerprint density at radius 1 is 1.20 bits per heavy atom. The number of hydrogen-bond acceptors (Lipinski definition) is 2. The van der Waals surface area contributed by atoms with Gasteiger partial charge in [0.2, 0.25) is 0 Å². The van der Waals surface area contributed by atoms with E-state index in [1.165, 1.54) is 6.07 Å². The van der Waals surface area contributed by atoms with Crippen LogP contribution in [0, 0.1) is 5.92 Å². The Morgan fingerprint density at radius 2 is 1.95 bits per heavy atom. The molecule has 20 heavy (non-hydrogen) atoms. The highest BCUT2D eigenvalue weighted by molar-refractivity contribution is 5.30. The molecule has 0 saturated carbocycles. The summed E-state index contributed by atoms with van der Waals surface area (Å²) in [6, 6.07) is 4.99. The molecule has 0 saturated heterocycles. The summed E-state index contributed by atoms with van der Waals surface area (Å²) in [5.74, 6) is 0.895. The van der Waals surface area contributed by atoms with E-state index in [4.69, 9.17) is 4.74 Å². The van der Waals surface area contributed by atoms with Crippen molar-refractivity contribution in [2.24, 2.45) is 5.92 Å². The first kappa shape index (κ1) is 16.8. The smallest absolute Gasteiger partial charge is 0.416 e. The summed E-state index contributed by atoms with van der Waals surface area (Å²) in [5, 5.41) is 3.31. The molecule has 5 heteroatoms. The number of unbranched alkanes of at least 4 members (excludes halogenated alkanes) is 1. The van der Waals surface area contributed by atoms with Gasteiger partial charge in [0.25, 0.3) is 0 Å². The number of rotatable bonds is 8. The van der Waals surface area contributed by atoms with Gasteiger partial charge in [-0.25, -0.2) is 0 Å². The molecule has 0 atom stereocenters. The lowest BCUT2D eigenvalue weighted by Gasteiger charge is -2.10. The van der Waals surface area contributed by atoms with Gasteiger partial charge < -0.3 is 10.1 Å². The quantitative estimate of drug-likeness (QED) is 0.727. The SMILES string of the molecule is CC(C)CNCCCCOc1cccc(C(F)(F)F)c1. The second kappa shape index (κ2) is 8.15. The first-order valence-corrected chi connectivity index (χ1v) is 6.90. The average molecular weight is 289 g/mol. The van der Waals surface area contributed by atoms with E-state index in [0.717, 1.165) is 38.1 Å². The number of nitrogens with one attached hydrogen (secondary N) is 1. The van der Waals surface area contributed by atoms with E-state index < -0.39 is 11.7 Å². The minimum Gasteiger partial charge on any atom is -0.494 e. The van der Waals surface area contributed by atoms with Crippen molar-refractivity contribution >= 4 is 0 Å². The lowest BCUT2D eigenvalue weighted by Crippen LogP contribution is -2.21. The van der Waals surface area contributed by atoms with Crippen LogP contribution in [0.15, 0.2) is 24.3 Å². The molecule has 0 heterocycles. The highest BCUT2D eigenvalue weighted by Gasteiger charge is 2.30. The van der Waals surface area contributed by atoms with Gasteiger partial charge in [0.15, 0.2) is 0 Å². The molecule has 0 aliphatic carbocycles. The highest BCUT2D eigenvalue weighted by atomic mass is 19.4. The summed E-state index contributed by atoms with van der Waals surface area (Å²) >= 11 is 0. The number of alkyl halides is 3. The van der Waals surface area contributed by atoms with Crippen molar-refractivity contribution < 1.29 is 17.9 Å². The monoisotopic (exact) mass is 289 g/mol. The van der Waals surface area contributed by atoms with Crippen LogP contribution in [0.3, 0.4) is 0 Å². The van der Waals surface area contributed by atoms with Gasteiger partial charge in [0, 0.05) is 0 Å². The van der Waals surface area contributed by atoms with E-state index in [2.05, 4.69) is 19.2 Å². The standard InChI is InChI=1S/C15H22F3NO/c1-12(2)11-19-8-3-4-9-20-14-7-5-6-13(10-14)15(16,17)18/h5-7,10,12,19H,3-4,8-9,11H2,1-2H3. The largest absolute Gasteiger partial charge is 0.494 e. The molecular weight excluding hydrogens is 267 g/mol. The number of hydrogen-bond donors (Lipinski definition) is 1. The zero-order chi connectivity index (χ0) is 15.0. The van der Waals surface area contributed by atoms with E-state index >= 15 is 0 Å². The van der Waals surface area contributed by atoms with Crippen molar-refractivity contribution in [3.05, 3.63) is 29.8 Å². The Morgan fingerprint density at radius 3 is 2.60 bits per heavy atom. The van der Waals surface area contributed by atoms with Crippen LogP contribution in [0.2, 0.25) is 0 Å². The van der Waals surface area contributed by atoms with Crippen molar-refractivity contribution in [1.29, 1.82) is 0 Å². The molecule has 0 aromatic heterocycles. The molecular formula is C15H22F3NO. The van der Waals surface area contributed by atoms with Crippen molar-refractivity contribution in [2.75, 3.05) is 19.7 Å². The van der Waals surface area contributed by atoms with Gasteiger partial charge in [0.05, 0.1) is 12.2 Å². The van der Waals surface area contributed by atoms with Crippen molar-refractivity contribution in [2.45, 2.75) is 32.9 Å². The summed E-state index contributed by atoms with van der Waals surface area (Å²) in [6.07, 6.45) is -2.55. The maximum Gasteiger partial charge on any atom is 0.416 e. The minimum atomic E-state index is -4.32. The van der Waals surface area contributed by atoms with Crippen LogP contribution in [0.25, 0.3) is 0 Å². The first-order valence-electron chi connectivity index (χ1n) is 6.90. The van der Waals surface area contributed by atoms with Crippen molar-refractivity contribution in [1.82, 2.24) is 5.32 Å². The molecule has 0 amide bonds. The van der Waals surface area contributed by atoms with E-state index in [1.54, 1.807) is 6.07 Å². The summed E-state index contributed by atoms with van der Waals surface area (Å²) in [6.45, 7) is 6.61. The molecule has 1 N–H and O–H groups in total. The third-order valence-corrected chi connectivity index (χ3v) is 2.73. The molecule has 114 valence electrons. The van der Waals surface area contributed by atoms with Gasteiger partial charge in [-0.2, -0.15) is 13.2 Å². The number of ether oxygens (including phenoxy) is 1. The minimum absolute atomic E-state index is 0.273. The Kier molecular flexibility index (Phi) is 6.85. The topological polar surface area (TPSA) is 21.3 Å². The summed E-state index contributed by atoms with van der Waals surface area (Å²) in [7, 11) is 0. The molecule has 0 aliphatic rings. The van der Waals surface area contributed by atoms with Crippen LogP contribution in [-0.4, -0.2) is 19.7 Å². The van der Waals surface area contributed by atoms with Gasteiger partial charge in [-0.3, -0.25) is 0 Å². The zero-order valence-corrected chi connectivity index (χ0v) is 12.0. The van der Waals surface area contributed by atoms with Crippen LogP contribution in [0.5, 0.6) is 5.75 Å². The van der Waals surface area contributed by atoms with E-state index in [-0.39, 0.29) is 5.75 Å². The lowest BCUT2D eigenvalue weighted by atomic mass is 10.2. The Bertz CT molecular complexity index is 391. The fraction of sp³-hybridized carbons (Fsp3) is 0.600. The van der Waals surface area contributed by atoms with Crippen LogP contribution in [0.1, 0.15) is 32.3 Å². The second-order valence-electron chi connectivity index (χ2n) is 5.18. The van der Waals surface area contributed by atoms with Crippen molar-refractivity contribution in [3.8, 4) is 5.75 Å². The molecule has 0 spiro atoms. The predicted octanol–water partition coefficient (Wildman–Crippen LogP) is 4.11. The maximum absolute atomic E-state index is 12.5. The molecule has 0 fully saturated rings. The third kappa shape index (κ3) is 6.80. The number of benzene rings is 1. The molecule has 1 aromatic rings. The van der Waals surface area contributed by atoms with E-state index in [1.807, 2.05) is 0 Å². The first-order chi connectivity index (χ1) is 9.39. The summed E-state index contributed by atoms with van der Waals surface area (Å²) in [5.41, 5.74) is -0.673. The van der Waals surface area contributed by atoms with Gasteiger partial charge in [-0.1, -0.05) is 19.9 Å². The molecule has 2 nitrogen and oxygen atoms in total. The second-order valence-corrected chi connectivity index (χ2v) is 5.18. The van der Waals surface area contributed by atoms with Crippen molar-refractivity contribution in [3.63, 3.8) is 0 Å². The maximum atomic E-state index is 12.5. The molecule has 0 radical (unpaired) electrons. The zero-order valence-electron chi connectivity index (χ0n) is 12.0. The van der Waals surface area contributed by atoms with E-state index in [0.29, 0.717) is 12.5 Å². The molecule has 0 aliphatic heterocycles. The van der Waals surface area contributed by atoms with Crippen LogP contribution in [0.4, 0.5) is 13.2 Å². The van der Waals surface area contributed by atoms with Gasteiger partial charge in [-0.05, 0) is 50.0 Å². The van der Waals surface area contributed by atoms with Gasteiger partial charge in [0.1, 0.15) is 5.75 Å². The van der Waals surface area contributed by atoms with Gasteiger partial charge >= 0.3 is 6.18 Å². The Balaban J connectivity index is 2.22. The molecule has 1 rings (SSSR count). The van der Waals surface area contributed by atoms with E-state index in [9.17, 15) is 13.2 Å². The Hall–Kier alpha value is -1.23. The fourth-order valence-electron chi connectivity index (χ4n) is 1.70. The van der Waals surface area contributed by atoms with Crippen LogP contribution >= 0.6 is 0 Å². The van der Waals surface area contributed by atoms with Crippen LogP contribution in [-0.2, 0) is 6.18 Å².